The van der Waals surface area contributed by atoms with Gasteiger partial charge in [0.2, 0.25) is 0 Å². The normalized spacial score (nSPS) is 15.2. The predicted octanol–water partition coefficient (Wildman–Crippen LogP) is 4.32. The number of hydrogen-bond acceptors (Lipinski definition) is 4. The molecule has 0 fully saturated rings. The second kappa shape index (κ2) is 8.00. The number of aromatic nitrogens is 2. The maximum absolute atomic E-state index is 13.9. The lowest BCUT2D eigenvalue weighted by Gasteiger charge is -2.27. The van der Waals surface area contributed by atoms with E-state index < -0.39 is 11.8 Å². The number of benzene rings is 2. The third kappa shape index (κ3) is 3.97. The van der Waals surface area contributed by atoms with Crippen LogP contribution in [-0.2, 0) is 0 Å². The molecule has 0 bridgehead atoms. The van der Waals surface area contributed by atoms with Gasteiger partial charge in [-0.1, -0.05) is 23.7 Å². The summed E-state index contributed by atoms with van der Waals surface area (Å²) in [4.78, 5) is 12.4. The fraction of sp³-hybridized carbons (Fsp3) is 0.200. The van der Waals surface area contributed by atoms with Crippen LogP contribution in [0.1, 0.15) is 18.0 Å². The zero-order valence-corrected chi connectivity index (χ0v) is 16.2. The molecule has 150 valence electrons. The van der Waals surface area contributed by atoms with Crippen molar-refractivity contribution in [2.75, 3.05) is 19.0 Å². The molecule has 2 aromatic carbocycles. The lowest BCUT2D eigenvalue weighted by atomic mass is 10.0. The molecule has 0 radical (unpaired) electrons. The second-order valence-corrected chi connectivity index (χ2v) is 6.82. The largest absolute Gasteiger partial charge is 0.494 e. The summed E-state index contributed by atoms with van der Waals surface area (Å²) >= 11 is 6.16. The Kier molecular flexibility index (Phi) is 5.26. The lowest BCUT2D eigenvalue weighted by Crippen LogP contribution is -2.35. The molecule has 29 heavy (non-hydrogen) atoms. The quantitative estimate of drug-likeness (QED) is 0.664. The molecule has 2 heterocycles. The summed E-state index contributed by atoms with van der Waals surface area (Å²) in [7, 11) is 1.40. The Bertz CT molecular complexity index is 1060. The van der Waals surface area contributed by atoms with Gasteiger partial charge in [-0.15, -0.1) is 5.10 Å². The van der Waals surface area contributed by atoms with Crippen molar-refractivity contribution in [1.29, 1.82) is 0 Å². The topological polar surface area (TPSA) is 77.4 Å². The van der Waals surface area contributed by atoms with E-state index in [2.05, 4.69) is 15.7 Å². The number of nitrogens with zero attached hydrogens (tertiary/aromatic N) is 2. The molecular formula is C20H18ClFN4O3. The van der Waals surface area contributed by atoms with Crippen molar-refractivity contribution in [2.45, 2.75) is 12.5 Å². The summed E-state index contributed by atoms with van der Waals surface area (Å²) in [5.74, 6) is 0.578. The van der Waals surface area contributed by atoms with Crippen molar-refractivity contribution in [3.63, 3.8) is 0 Å². The number of carbonyl (C=O) groups excluding carboxylic acids is 1. The van der Waals surface area contributed by atoms with Crippen molar-refractivity contribution >= 4 is 23.4 Å². The third-order valence-corrected chi connectivity index (χ3v) is 4.86. The molecule has 9 heteroatoms. The van der Waals surface area contributed by atoms with Crippen LogP contribution in [-0.4, -0.2) is 29.5 Å². The Balaban J connectivity index is 1.44. The molecular weight excluding hydrogens is 399 g/mol. The number of urea groups is 1. The number of anilines is 1. The number of rotatable bonds is 4. The molecule has 0 saturated carbocycles. The minimum Gasteiger partial charge on any atom is -0.494 e. The predicted molar refractivity (Wildman–Crippen MR) is 107 cm³/mol. The maximum atomic E-state index is 13.9. The van der Waals surface area contributed by atoms with Crippen molar-refractivity contribution in [2.24, 2.45) is 0 Å². The molecule has 7 nitrogen and oxygen atoms in total. The van der Waals surface area contributed by atoms with Crippen LogP contribution in [0.2, 0.25) is 5.02 Å². The van der Waals surface area contributed by atoms with Gasteiger partial charge in [0.15, 0.2) is 17.4 Å². The van der Waals surface area contributed by atoms with E-state index in [1.165, 1.54) is 23.9 Å². The first kappa shape index (κ1) is 19.1. The Morgan fingerprint density at radius 1 is 1.34 bits per heavy atom. The SMILES string of the molecule is COc1ccc(-n2ccc(NC(=O)N[C@H]3CCOc4c(Cl)cccc43)n2)cc1F. The molecule has 1 aliphatic rings. The number of nitrogens with one attached hydrogen (secondary N) is 2. The minimum atomic E-state index is -0.496. The van der Waals surface area contributed by atoms with Crippen LogP contribution in [0.3, 0.4) is 0 Å². The van der Waals surface area contributed by atoms with Crippen molar-refractivity contribution in [3.05, 3.63) is 65.1 Å². The smallest absolute Gasteiger partial charge is 0.320 e. The van der Waals surface area contributed by atoms with Gasteiger partial charge in [-0.2, -0.15) is 0 Å². The van der Waals surface area contributed by atoms with Crippen molar-refractivity contribution < 1.29 is 18.7 Å². The summed E-state index contributed by atoms with van der Waals surface area (Å²) in [6.45, 7) is 0.458. The first-order valence-electron chi connectivity index (χ1n) is 8.93. The van der Waals surface area contributed by atoms with E-state index in [0.717, 1.165) is 5.56 Å². The van der Waals surface area contributed by atoms with Crippen molar-refractivity contribution in [3.8, 4) is 17.2 Å². The van der Waals surface area contributed by atoms with E-state index in [9.17, 15) is 9.18 Å². The van der Waals surface area contributed by atoms with E-state index in [1.54, 1.807) is 24.4 Å². The summed E-state index contributed by atoms with van der Waals surface area (Å²) in [5, 5.41) is 10.4. The average molecular weight is 417 g/mol. The van der Waals surface area contributed by atoms with Gasteiger partial charge in [0.05, 0.1) is 30.5 Å². The molecule has 3 aromatic rings. The zero-order valence-electron chi connectivity index (χ0n) is 15.5. The van der Waals surface area contributed by atoms with Gasteiger partial charge in [-0.3, -0.25) is 5.32 Å². The lowest BCUT2D eigenvalue weighted by molar-refractivity contribution is 0.232. The number of fused-ring (bicyclic) bond motifs is 1. The molecule has 2 N–H and O–H groups in total. The monoisotopic (exact) mass is 416 g/mol. The number of ether oxygens (including phenoxy) is 2. The van der Waals surface area contributed by atoms with Gasteiger partial charge < -0.3 is 14.8 Å². The van der Waals surface area contributed by atoms with Gasteiger partial charge in [0.1, 0.15) is 5.75 Å². The van der Waals surface area contributed by atoms with E-state index in [1.807, 2.05) is 12.1 Å². The zero-order chi connectivity index (χ0) is 20.4. The third-order valence-electron chi connectivity index (χ3n) is 4.56. The second-order valence-electron chi connectivity index (χ2n) is 6.41. The van der Waals surface area contributed by atoms with E-state index in [4.69, 9.17) is 21.1 Å². The molecule has 0 aliphatic carbocycles. The van der Waals surface area contributed by atoms with E-state index >= 15 is 0 Å². The van der Waals surface area contributed by atoms with Crippen LogP contribution in [0.25, 0.3) is 5.69 Å². The number of methoxy groups -OCH3 is 1. The summed E-state index contributed by atoms with van der Waals surface area (Å²) in [6.07, 6.45) is 2.25. The number of halogens is 2. The fourth-order valence-corrected chi connectivity index (χ4v) is 3.42. The molecule has 0 saturated heterocycles. The maximum Gasteiger partial charge on any atom is 0.320 e. The highest BCUT2D eigenvalue weighted by atomic mass is 35.5. The van der Waals surface area contributed by atoms with Crippen LogP contribution in [0.15, 0.2) is 48.7 Å². The molecule has 2 amide bonds. The first-order chi connectivity index (χ1) is 14.0. The number of para-hydroxylation sites is 1. The Labute approximate surface area is 171 Å². The number of hydrogen-bond donors (Lipinski definition) is 2. The molecule has 4 rings (SSSR count). The minimum absolute atomic E-state index is 0.149. The molecule has 1 aromatic heterocycles. The van der Waals surface area contributed by atoms with Gasteiger partial charge in [-0.05, 0) is 18.2 Å². The summed E-state index contributed by atoms with van der Waals surface area (Å²) < 4.78 is 25.9. The van der Waals surface area contributed by atoms with Gasteiger partial charge >= 0.3 is 6.03 Å². The molecule has 0 unspecified atom stereocenters. The molecule has 1 atom stereocenters. The summed E-state index contributed by atoms with van der Waals surface area (Å²) in [5.41, 5.74) is 1.34. The highest BCUT2D eigenvalue weighted by Crippen LogP contribution is 2.37. The van der Waals surface area contributed by atoms with Crippen LogP contribution in [0, 0.1) is 5.82 Å². The number of carbonyl (C=O) groups is 1. The molecule has 1 aliphatic heterocycles. The standard InChI is InChI=1S/C20H18ClFN4O3/c1-28-17-6-5-12(11-15(17)22)26-9-7-18(25-26)24-20(27)23-16-8-10-29-19-13(16)3-2-4-14(19)21/h2-7,9,11,16H,8,10H2,1H3,(H2,23,24,25,27)/t16-/m0/s1. The Hall–Kier alpha value is -3.26. The van der Waals surface area contributed by atoms with Crippen molar-refractivity contribution in [1.82, 2.24) is 15.1 Å². The Morgan fingerprint density at radius 3 is 3.00 bits per heavy atom. The highest BCUT2D eigenvalue weighted by Gasteiger charge is 2.24. The van der Waals surface area contributed by atoms with E-state index in [-0.39, 0.29) is 11.8 Å². The van der Waals surface area contributed by atoms with Crippen LogP contribution in [0.5, 0.6) is 11.5 Å². The van der Waals surface area contributed by atoms with Crippen LogP contribution in [0.4, 0.5) is 15.0 Å². The highest BCUT2D eigenvalue weighted by molar-refractivity contribution is 6.32. The van der Waals surface area contributed by atoms with Gasteiger partial charge in [0, 0.05) is 30.3 Å². The van der Waals surface area contributed by atoms with Gasteiger partial charge in [0.25, 0.3) is 0 Å². The van der Waals surface area contributed by atoms with Crippen LogP contribution < -0.4 is 20.1 Å². The number of amides is 2. The fourth-order valence-electron chi connectivity index (χ4n) is 3.18. The van der Waals surface area contributed by atoms with E-state index in [0.29, 0.717) is 35.3 Å². The summed E-state index contributed by atoms with van der Waals surface area (Å²) in [6, 6.07) is 10.9. The molecule has 0 spiro atoms. The van der Waals surface area contributed by atoms with Gasteiger partial charge in [-0.25, -0.2) is 13.9 Å². The van der Waals surface area contributed by atoms with Crippen LogP contribution >= 0.6 is 11.6 Å². The Morgan fingerprint density at radius 2 is 2.21 bits per heavy atom. The first-order valence-corrected chi connectivity index (χ1v) is 9.31. The average Bonchev–Trinajstić information content (AvgIpc) is 3.17.